The van der Waals surface area contributed by atoms with Crippen molar-refractivity contribution in [2.45, 2.75) is 99.8 Å². The zero-order chi connectivity index (χ0) is 39.9. The SMILES string of the molecule is CC1=CC(C)(C)c2cc3[cH-]c4cc5c(cc4c3cc21)C(C)=CC5(C)C.CCC1=[C-]C(CC)C=C1C(C)(C)C.Clc1ccc([CH]=[Zr]=[CH]c2ccc(Cl)cc2)cc1.[Cl-].[Cl-]. The van der Waals surface area contributed by atoms with Crippen molar-refractivity contribution < 1.29 is 47.1 Å². The smallest absolute Gasteiger partial charge is 1.00 e. The number of benzene rings is 4. The Balaban J connectivity index is 0.000000198. The first kappa shape index (κ1) is 47.2. The van der Waals surface area contributed by atoms with E-state index in [0.717, 1.165) is 16.5 Å². The molecule has 0 bridgehead atoms. The topological polar surface area (TPSA) is 0 Å². The van der Waals surface area contributed by atoms with Crippen molar-refractivity contribution >= 4 is 63.3 Å². The maximum atomic E-state index is 5.84. The molecule has 5 aromatic rings. The number of halogens is 4. The van der Waals surface area contributed by atoms with Crippen LogP contribution in [0.15, 0.2) is 108 Å². The molecule has 0 aliphatic heterocycles. The molecule has 300 valence electrons. The van der Waals surface area contributed by atoms with Crippen molar-refractivity contribution in [3.8, 4) is 0 Å². The molecule has 0 N–H and O–H groups in total. The molecule has 0 saturated carbocycles. The number of rotatable bonds is 4. The Kier molecular flexibility index (Phi) is 15.6. The van der Waals surface area contributed by atoms with E-state index in [9.17, 15) is 0 Å². The fourth-order valence-corrected chi connectivity index (χ4v) is 10.8. The van der Waals surface area contributed by atoms with Crippen LogP contribution in [0, 0.1) is 17.4 Å². The van der Waals surface area contributed by atoms with Gasteiger partial charge in [-0.25, -0.2) is 5.57 Å². The molecule has 1 unspecified atom stereocenters. The molecule has 0 heterocycles. The number of hydrogen-bond acceptors (Lipinski definition) is 0. The molecule has 3 aliphatic carbocycles. The molecular formula is C52H56Cl4Zr-4. The molecule has 5 heteroatoms. The largest absolute Gasteiger partial charge is 1.00 e. The Labute approximate surface area is 376 Å². The minimum atomic E-state index is -0.623. The monoisotopic (exact) mass is 910 g/mol. The first-order valence-electron chi connectivity index (χ1n) is 19.8. The predicted molar refractivity (Wildman–Crippen MR) is 242 cm³/mol. The molecule has 0 spiro atoms. The standard InChI is InChI=1S/C25H25.C13H21.2C7H5Cl.2ClH.Zr/c1-14-12-24(3,4)22-8-16-7-17-9-23-19(15(2)13-25(23,5)6)11-21(17)20(16)10-18(14)22;1-6-10-8-11(7-2)12(9-10)13(3,4)5;2*1-6-2-4-7(8)5-3-6;;;/h7-13H,1-6H3;9-10H,6-7H2,1-5H3;2*1-5H;2*1H;/q2*-1;;;;;/p-2. The van der Waals surface area contributed by atoms with E-state index in [4.69, 9.17) is 23.2 Å². The number of allylic oxidation sites excluding steroid dienone is 8. The molecular weight excluding hydrogens is 858 g/mol. The van der Waals surface area contributed by atoms with Crippen LogP contribution in [-0.2, 0) is 33.1 Å². The molecule has 5 aromatic carbocycles. The van der Waals surface area contributed by atoms with Crippen LogP contribution < -0.4 is 24.8 Å². The van der Waals surface area contributed by atoms with Gasteiger partial charge < -0.3 is 24.8 Å². The third-order valence-corrected chi connectivity index (χ3v) is 14.2. The van der Waals surface area contributed by atoms with E-state index < -0.39 is 22.3 Å². The Bertz CT molecular complexity index is 2290. The maximum absolute atomic E-state index is 5.84. The summed E-state index contributed by atoms with van der Waals surface area (Å²) in [5.74, 6) is 0.573. The predicted octanol–water partition coefficient (Wildman–Crippen LogP) is 9.32. The zero-order valence-corrected chi connectivity index (χ0v) is 40.9. The average Bonchev–Trinajstić information content (AvgIpc) is 3.84. The summed E-state index contributed by atoms with van der Waals surface area (Å²) in [5, 5.41) is 7.14. The van der Waals surface area contributed by atoms with E-state index in [-0.39, 0.29) is 35.6 Å². The van der Waals surface area contributed by atoms with Crippen LogP contribution >= 0.6 is 23.2 Å². The van der Waals surface area contributed by atoms with Gasteiger partial charge in [0.25, 0.3) is 0 Å². The normalized spacial score (nSPS) is 16.8. The van der Waals surface area contributed by atoms with Crippen LogP contribution in [0.4, 0.5) is 0 Å². The van der Waals surface area contributed by atoms with Crippen LogP contribution in [0.1, 0.15) is 122 Å². The van der Waals surface area contributed by atoms with Gasteiger partial charge in [-0.05, 0) is 36.1 Å². The number of hydrogen-bond donors (Lipinski definition) is 0. The molecule has 0 nitrogen and oxygen atoms in total. The second kappa shape index (κ2) is 18.8. The van der Waals surface area contributed by atoms with E-state index in [1.54, 1.807) is 0 Å². The summed E-state index contributed by atoms with van der Waals surface area (Å²) in [6, 6.07) is 28.0. The van der Waals surface area contributed by atoms with E-state index in [0.29, 0.717) is 11.3 Å². The van der Waals surface area contributed by atoms with Gasteiger partial charge in [0, 0.05) is 10.8 Å². The summed E-state index contributed by atoms with van der Waals surface area (Å²) < 4.78 is 4.66. The summed E-state index contributed by atoms with van der Waals surface area (Å²) in [7, 11) is 0. The first-order valence-corrected chi connectivity index (χ1v) is 23.4. The summed E-state index contributed by atoms with van der Waals surface area (Å²) in [6.07, 6.45) is 13.1. The Morgan fingerprint density at radius 3 is 1.47 bits per heavy atom. The molecule has 0 amide bonds. The summed E-state index contributed by atoms with van der Waals surface area (Å²) in [5.41, 5.74) is 14.7. The second-order valence-corrected chi connectivity index (χ2v) is 20.7. The third-order valence-electron chi connectivity index (χ3n) is 11.3. The Morgan fingerprint density at radius 2 is 1.12 bits per heavy atom. The molecule has 0 fully saturated rings. The van der Waals surface area contributed by atoms with Crippen LogP contribution in [0.2, 0.25) is 10.0 Å². The summed E-state index contributed by atoms with van der Waals surface area (Å²) in [4.78, 5) is 0. The second-order valence-electron chi connectivity index (χ2n) is 17.6. The van der Waals surface area contributed by atoms with Crippen molar-refractivity contribution in [2.24, 2.45) is 11.3 Å². The van der Waals surface area contributed by atoms with Gasteiger partial charge >= 0.3 is 123 Å². The summed E-state index contributed by atoms with van der Waals surface area (Å²) >= 11 is 11.0. The van der Waals surface area contributed by atoms with Gasteiger partial charge in [0.05, 0.1) is 0 Å². The van der Waals surface area contributed by atoms with E-state index in [2.05, 4.69) is 162 Å². The minimum absolute atomic E-state index is 0. The molecule has 0 saturated heterocycles. The van der Waals surface area contributed by atoms with Gasteiger partial charge in [-0.15, -0.1) is 39.7 Å². The molecule has 1 atom stereocenters. The van der Waals surface area contributed by atoms with Crippen molar-refractivity contribution in [3.05, 3.63) is 158 Å². The summed E-state index contributed by atoms with van der Waals surface area (Å²) in [6.45, 7) is 25.1. The van der Waals surface area contributed by atoms with Gasteiger partial charge in [-0.1, -0.05) is 122 Å². The number of fused-ring (bicyclic) bond motifs is 5. The van der Waals surface area contributed by atoms with Crippen LogP contribution in [-0.4, -0.2) is 7.42 Å². The van der Waals surface area contributed by atoms with E-state index in [1.807, 2.05) is 24.3 Å². The van der Waals surface area contributed by atoms with E-state index in [1.165, 1.54) is 83.6 Å². The van der Waals surface area contributed by atoms with Gasteiger partial charge in [0.15, 0.2) is 0 Å². The van der Waals surface area contributed by atoms with Crippen molar-refractivity contribution in [1.29, 1.82) is 0 Å². The Hall–Kier alpha value is -2.51. The molecule has 0 radical (unpaired) electrons. The quantitative estimate of drug-likeness (QED) is 0.158. The Morgan fingerprint density at radius 1 is 0.702 bits per heavy atom. The third kappa shape index (κ3) is 10.6. The minimum Gasteiger partial charge on any atom is -1.00 e. The van der Waals surface area contributed by atoms with Crippen molar-refractivity contribution in [1.82, 2.24) is 0 Å². The average molecular weight is 914 g/mol. The van der Waals surface area contributed by atoms with Crippen LogP contribution in [0.3, 0.4) is 0 Å². The zero-order valence-electron chi connectivity index (χ0n) is 35.4. The van der Waals surface area contributed by atoms with Gasteiger partial charge in [0.1, 0.15) is 0 Å². The van der Waals surface area contributed by atoms with Gasteiger partial charge in [-0.2, -0.15) is 11.6 Å². The van der Waals surface area contributed by atoms with Crippen molar-refractivity contribution in [2.75, 3.05) is 0 Å². The van der Waals surface area contributed by atoms with Crippen LogP contribution in [0.25, 0.3) is 32.7 Å². The molecule has 57 heavy (non-hydrogen) atoms. The van der Waals surface area contributed by atoms with Gasteiger partial charge in [-0.3, -0.25) is 6.08 Å². The van der Waals surface area contributed by atoms with Crippen molar-refractivity contribution in [3.63, 3.8) is 0 Å². The fourth-order valence-electron chi connectivity index (χ4n) is 8.43. The molecule has 0 aromatic heterocycles. The molecule has 3 aliphatic rings. The fraction of sp³-hybridized carbons (Fsp3) is 0.327. The first-order chi connectivity index (χ1) is 25.9. The van der Waals surface area contributed by atoms with Crippen LogP contribution in [0.5, 0.6) is 0 Å². The van der Waals surface area contributed by atoms with E-state index >= 15 is 0 Å². The van der Waals surface area contributed by atoms with Gasteiger partial charge in [0.2, 0.25) is 0 Å². The molecule has 8 rings (SSSR count). The maximum Gasteiger partial charge on any atom is -1.00 e.